The Morgan fingerprint density at radius 1 is 0.929 bits per heavy atom. The molecule has 0 bridgehead atoms. The largest absolute Gasteiger partial charge is 0.475 e. The number of nitrogens with zero attached hydrogens (tertiary/aromatic N) is 2. The van der Waals surface area contributed by atoms with Crippen molar-refractivity contribution in [1.29, 1.82) is 10.5 Å². The number of hydrogen-bond acceptors (Lipinski definition) is 11. The predicted molar refractivity (Wildman–Crippen MR) is 96.0 cm³/mol. The molecule has 0 aliphatic carbocycles. The molecule has 0 radical (unpaired) electrons. The highest BCUT2D eigenvalue weighted by atomic mass is 31.2. The molecule has 13 heteroatoms. The van der Waals surface area contributed by atoms with Crippen molar-refractivity contribution in [2.75, 3.05) is 39.6 Å². The summed E-state index contributed by atoms with van der Waals surface area (Å²) in [4.78, 5) is 0. The first-order chi connectivity index (χ1) is 13.4. The van der Waals surface area contributed by atoms with Gasteiger partial charge in [0.2, 0.25) is 0 Å². The van der Waals surface area contributed by atoms with Crippen molar-refractivity contribution in [3.05, 3.63) is 0 Å². The Hall–Kier alpha value is -0.840. The monoisotopic (exact) mass is 440 g/mol. The van der Waals surface area contributed by atoms with Gasteiger partial charge in [0.1, 0.15) is 12.2 Å². The number of ether oxygens (including phenoxy) is 1. The average Bonchev–Trinajstić information content (AvgIpc) is 3.08. The topological polar surface area (TPSA) is 146 Å². The van der Waals surface area contributed by atoms with Gasteiger partial charge < -0.3 is 4.74 Å². The lowest BCUT2D eigenvalue weighted by atomic mass is 10.2. The van der Waals surface area contributed by atoms with Gasteiger partial charge in [0.15, 0.2) is 0 Å². The quantitative estimate of drug-likeness (QED) is 0.273. The standard InChI is InChI=1S/C15H26N2O9P2/c1-3-21-27(18,23-10-5-8-16)25-13-15-14(7-12-20-15)26-28(19,22-4-2)24-11-6-9-17/h14-15H,3-7,10-13H2,1-2H3/t14-,15+,27?,28?/m0/s1. The van der Waals surface area contributed by atoms with E-state index in [4.69, 9.17) is 42.4 Å². The second-order valence-electron chi connectivity index (χ2n) is 5.35. The average molecular weight is 440 g/mol. The molecule has 0 aromatic carbocycles. The predicted octanol–water partition coefficient (Wildman–Crippen LogP) is 3.33. The van der Waals surface area contributed by atoms with Crippen LogP contribution in [0.15, 0.2) is 0 Å². The summed E-state index contributed by atoms with van der Waals surface area (Å²) in [5.41, 5.74) is 0. The van der Waals surface area contributed by atoms with Crippen molar-refractivity contribution in [1.82, 2.24) is 0 Å². The van der Waals surface area contributed by atoms with Gasteiger partial charge in [-0.1, -0.05) is 0 Å². The van der Waals surface area contributed by atoms with E-state index >= 15 is 0 Å². The van der Waals surface area contributed by atoms with Crippen LogP contribution in [-0.4, -0.2) is 51.8 Å². The molecule has 1 rings (SSSR count). The summed E-state index contributed by atoms with van der Waals surface area (Å²) in [6, 6.07) is 3.74. The van der Waals surface area contributed by atoms with Gasteiger partial charge in [-0.2, -0.15) is 10.5 Å². The molecule has 28 heavy (non-hydrogen) atoms. The summed E-state index contributed by atoms with van der Waals surface area (Å²) < 4.78 is 61.8. The van der Waals surface area contributed by atoms with Crippen molar-refractivity contribution in [3.8, 4) is 12.1 Å². The van der Waals surface area contributed by atoms with Gasteiger partial charge in [0.05, 0.1) is 58.0 Å². The maximum atomic E-state index is 12.7. The summed E-state index contributed by atoms with van der Waals surface area (Å²) >= 11 is 0. The maximum Gasteiger partial charge on any atom is 0.475 e. The summed E-state index contributed by atoms with van der Waals surface area (Å²) in [6.07, 6.45) is -0.952. The third kappa shape index (κ3) is 9.11. The zero-order valence-corrected chi connectivity index (χ0v) is 17.8. The first-order valence-corrected chi connectivity index (χ1v) is 11.8. The van der Waals surface area contributed by atoms with Crippen LogP contribution < -0.4 is 0 Å². The van der Waals surface area contributed by atoms with Crippen molar-refractivity contribution in [3.63, 3.8) is 0 Å². The number of phosphoric acid groups is 2. The van der Waals surface area contributed by atoms with Gasteiger partial charge in [-0.25, -0.2) is 9.13 Å². The fraction of sp³-hybridized carbons (Fsp3) is 0.867. The molecule has 0 aromatic heterocycles. The first-order valence-electron chi connectivity index (χ1n) is 8.88. The van der Waals surface area contributed by atoms with Crippen molar-refractivity contribution in [2.24, 2.45) is 0 Å². The zero-order valence-electron chi connectivity index (χ0n) is 16.0. The molecule has 0 saturated carbocycles. The highest BCUT2D eigenvalue weighted by Crippen LogP contribution is 2.53. The van der Waals surface area contributed by atoms with E-state index in [1.54, 1.807) is 13.8 Å². The summed E-state index contributed by atoms with van der Waals surface area (Å²) in [7, 11) is -7.76. The van der Waals surface area contributed by atoms with E-state index in [1.165, 1.54) is 0 Å². The lowest BCUT2D eigenvalue weighted by molar-refractivity contribution is -0.00938. The Bertz CT molecular complexity index is 634. The van der Waals surface area contributed by atoms with Crippen LogP contribution in [0.3, 0.4) is 0 Å². The minimum Gasteiger partial charge on any atom is -0.373 e. The normalized spacial score (nSPS) is 23.4. The maximum absolute atomic E-state index is 12.7. The van der Waals surface area contributed by atoms with Gasteiger partial charge in [-0.15, -0.1) is 0 Å². The molecule has 1 saturated heterocycles. The molecule has 0 N–H and O–H groups in total. The zero-order chi connectivity index (χ0) is 20.9. The van der Waals surface area contributed by atoms with Crippen LogP contribution >= 0.6 is 15.6 Å². The molecule has 1 fully saturated rings. The van der Waals surface area contributed by atoms with Gasteiger partial charge in [-0.05, 0) is 13.8 Å². The van der Waals surface area contributed by atoms with Crippen molar-refractivity contribution in [2.45, 2.75) is 45.3 Å². The van der Waals surface area contributed by atoms with E-state index in [0.29, 0.717) is 13.0 Å². The second kappa shape index (κ2) is 13.4. The SMILES string of the molecule is CCOP(=O)(OCCC#N)OC[C@H]1OCC[C@@H]1OP(=O)(OCC)OCCC#N. The van der Waals surface area contributed by atoms with Crippen molar-refractivity contribution < 1.29 is 41.0 Å². The molecule has 0 amide bonds. The summed E-state index contributed by atoms with van der Waals surface area (Å²) in [5.74, 6) is 0. The highest BCUT2D eigenvalue weighted by molar-refractivity contribution is 7.48. The Labute approximate surface area is 165 Å². The minimum atomic E-state index is -3.89. The van der Waals surface area contributed by atoms with Crippen LogP contribution in [0.1, 0.15) is 33.1 Å². The van der Waals surface area contributed by atoms with Gasteiger partial charge in [0.25, 0.3) is 0 Å². The van der Waals surface area contributed by atoms with Crippen molar-refractivity contribution >= 4 is 15.6 Å². The molecular weight excluding hydrogens is 414 g/mol. The van der Waals surface area contributed by atoms with Gasteiger partial charge in [-0.3, -0.25) is 27.1 Å². The highest BCUT2D eigenvalue weighted by Gasteiger charge is 2.40. The fourth-order valence-corrected chi connectivity index (χ4v) is 4.75. The van der Waals surface area contributed by atoms with Crippen LogP contribution in [0.25, 0.3) is 0 Å². The van der Waals surface area contributed by atoms with Crippen LogP contribution in [0.4, 0.5) is 0 Å². The summed E-state index contributed by atoms with van der Waals surface area (Å²) in [6.45, 7) is 3.31. The third-order valence-corrected chi connectivity index (χ3v) is 6.45. The molecular formula is C15H26N2O9P2. The van der Waals surface area contributed by atoms with Gasteiger partial charge >= 0.3 is 15.6 Å². The van der Waals surface area contributed by atoms with Gasteiger partial charge in [0, 0.05) is 13.0 Å². The van der Waals surface area contributed by atoms with Crippen LogP contribution in [-0.2, 0) is 41.0 Å². The van der Waals surface area contributed by atoms with Crippen LogP contribution in [0.5, 0.6) is 0 Å². The number of rotatable bonds is 15. The first kappa shape index (κ1) is 25.2. The Morgan fingerprint density at radius 3 is 2.07 bits per heavy atom. The lowest BCUT2D eigenvalue weighted by Gasteiger charge is -2.25. The Kier molecular flexibility index (Phi) is 12.1. The van der Waals surface area contributed by atoms with Crippen LogP contribution in [0, 0.1) is 22.7 Å². The molecule has 160 valence electrons. The lowest BCUT2D eigenvalue weighted by Crippen LogP contribution is -2.29. The van der Waals surface area contributed by atoms with E-state index in [2.05, 4.69) is 0 Å². The van der Waals surface area contributed by atoms with E-state index in [-0.39, 0.29) is 45.9 Å². The molecule has 1 aliphatic heterocycles. The molecule has 1 aliphatic rings. The minimum absolute atomic E-state index is 0.0314. The Morgan fingerprint density at radius 2 is 1.50 bits per heavy atom. The van der Waals surface area contributed by atoms with E-state index in [9.17, 15) is 9.13 Å². The van der Waals surface area contributed by atoms with E-state index < -0.39 is 27.9 Å². The molecule has 11 nitrogen and oxygen atoms in total. The molecule has 0 spiro atoms. The molecule has 0 aromatic rings. The molecule has 1 heterocycles. The van der Waals surface area contributed by atoms with E-state index in [1.807, 2.05) is 12.1 Å². The fourth-order valence-electron chi connectivity index (χ4n) is 2.17. The van der Waals surface area contributed by atoms with Crippen LogP contribution in [0.2, 0.25) is 0 Å². The van der Waals surface area contributed by atoms with E-state index in [0.717, 1.165) is 0 Å². The number of nitriles is 2. The second-order valence-corrected chi connectivity index (χ2v) is 8.64. The smallest absolute Gasteiger partial charge is 0.373 e. The number of hydrogen-bond donors (Lipinski definition) is 0. The summed E-state index contributed by atoms with van der Waals surface area (Å²) in [5, 5.41) is 17.1. The number of phosphoric ester groups is 2. The molecule has 4 atom stereocenters. The molecule has 2 unspecified atom stereocenters. The third-order valence-electron chi connectivity index (χ3n) is 3.31. The Balaban J connectivity index is 2.67.